The van der Waals surface area contributed by atoms with Crippen molar-refractivity contribution in [1.29, 1.82) is 0 Å². The highest BCUT2D eigenvalue weighted by Gasteiger charge is 2.51. The van der Waals surface area contributed by atoms with E-state index in [1.165, 1.54) is 48.6 Å². The molecule has 0 radical (unpaired) electrons. The number of benzene rings is 7. The van der Waals surface area contributed by atoms with Gasteiger partial charge in [-0.1, -0.05) is 145 Å². The Bertz CT molecular complexity index is 2790. The number of aromatic nitrogens is 3. The van der Waals surface area contributed by atoms with Gasteiger partial charge in [0, 0.05) is 37.3 Å². The van der Waals surface area contributed by atoms with Gasteiger partial charge in [0.05, 0.1) is 5.41 Å². The molecule has 0 saturated carbocycles. The molecule has 5 heteroatoms. The highest BCUT2D eigenvalue weighted by Crippen LogP contribution is 2.63. The van der Waals surface area contributed by atoms with Crippen molar-refractivity contribution >= 4 is 33.7 Å². The van der Waals surface area contributed by atoms with Crippen LogP contribution in [0.1, 0.15) is 22.3 Å². The van der Waals surface area contributed by atoms with E-state index in [0.717, 1.165) is 33.2 Å². The number of hydrogen-bond donors (Lipinski definition) is 0. The molecule has 3 heterocycles. The first-order valence-corrected chi connectivity index (χ1v) is 17.9. The number of fused-ring (bicyclic) bond motifs is 13. The molecule has 1 atom stereocenters. The van der Waals surface area contributed by atoms with Crippen molar-refractivity contribution in [3.8, 4) is 45.3 Å². The molecule has 0 N–H and O–H groups in total. The Hall–Kier alpha value is -6.30. The molecule has 2 aliphatic rings. The van der Waals surface area contributed by atoms with Crippen LogP contribution in [0.4, 0.5) is 0 Å². The van der Waals surface area contributed by atoms with E-state index in [1.807, 2.05) is 54.2 Å². The minimum atomic E-state index is -0.566. The van der Waals surface area contributed by atoms with Gasteiger partial charge < -0.3 is 4.42 Å². The lowest BCUT2D eigenvalue weighted by atomic mass is 9.67. The Morgan fingerprint density at radius 2 is 1.04 bits per heavy atom. The fourth-order valence-corrected chi connectivity index (χ4v) is 9.45. The highest BCUT2D eigenvalue weighted by atomic mass is 32.2. The van der Waals surface area contributed by atoms with Crippen LogP contribution in [0.25, 0.3) is 67.2 Å². The number of nitrogens with zero attached hydrogens (tertiary/aromatic N) is 3. The van der Waals surface area contributed by atoms with Gasteiger partial charge in [0.2, 0.25) is 0 Å². The van der Waals surface area contributed by atoms with Gasteiger partial charge in [-0.05, 0) is 63.7 Å². The molecule has 9 aromatic rings. The Morgan fingerprint density at radius 1 is 0.431 bits per heavy atom. The maximum absolute atomic E-state index is 6.45. The first-order valence-electron chi connectivity index (χ1n) is 17.1. The average molecular weight is 670 g/mol. The third-order valence-electron chi connectivity index (χ3n) is 10.4. The second-order valence-corrected chi connectivity index (χ2v) is 14.2. The monoisotopic (exact) mass is 669 g/mol. The summed E-state index contributed by atoms with van der Waals surface area (Å²) in [6.45, 7) is 0. The van der Waals surface area contributed by atoms with Crippen molar-refractivity contribution in [2.24, 2.45) is 0 Å². The van der Waals surface area contributed by atoms with Crippen LogP contribution in [0.15, 0.2) is 178 Å². The van der Waals surface area contributed by atoms with E-state index in [1.54, 1.807) is 0 Å². The number of rotatable bonds is 3. The largest absolute Gasteiger partial charge is 0.456 e. The first kappa shape index (κ1) is 28.5. The quantitative estimate of drug-likeness (QED) is 0.187. The standard InChI is InChI=1S/C46H27N3OS/c1-3-13-28(14-4-1)43-47-44(29-15-5-2-6-16-29)49-45(48-43)30-23-26-40-36(27-30)46(34-20-10-12-22-39(34)51-40)33-19-9-7-17-31(33)41-35(46)24-25-38-42(41)32-18-8-11-21-37(32)50-38/h1-27H. The fraction of sp³-hybridized carbons (Fsp3) is 0.0217. The predicted octanol–water partition coefficient (Wildman–Crippen LogP) is 11.6. The van der Waals surface area contributed by atoms with E-state index < -0.39 is 5.41 Å². The number of para-hydroxylation sites is 1. The van der Waals surface area contributed by atoms with Crippen molar-refractivity contribution in [1.82, 2.24) is 15.0 Å². The molecule has 238 valence electrons. The van der Waals surface area contributed by atoms with Gasteiger partial charge in [-0.25, -0.2) is 15.0 Å². The van der Waals surface area contributed by atoms with Crippen molar-refractivity contribution in [2.45, 2.75) is 15.2 Å². The van der Waals surface area contributed by atoms with Gasteiger partial charge in [0.1, 0.15) is 11.2 Å². The van der Waals surface area contributed by atoms with Crippen molar-refractivity contribution < 1.29 is 4.42 Å². The van der Waals surface area contributed by atoms with Crippen LogP contribution in [0.3, 0.4) is 0 Å². The molecule has 51 heavy (non-hydrogen) atoms. The molecule has 1 spiro atoms. The maximum atomic E-state index is 6.45. The summed E-state index contributed by atoms with van der Waals surface area (Å²) >= 11 is 1.83. The molecule has 0 bridgehead atoms. The van der Waals surface area contributed by atoms with Crippen LogP contribution in [0, 0.1) is 0 Å². The van der Waals surface area contributed by atoms with Gasteiger partial charge >= 0.3 is 0 Å². The highest BCUT2D eigenvalue weighted by molar-refractivity contribution is 7.99. The molecule has 1 aliphatic heterocycles. The lowest BCUT2D eigenvalue weighted by molar-refractivity contribution is 0.668. The zero-order valence-corrected chi connectivity index (χ0v) is 28.1. The Balaban J connectivity index is 1.22. The third-order valence-corrected chi connectivity index (χ3v) is 11.6. The molecule has 1 unspecified atom stereocenters. The SMILES string of the molecule is c1ccc(-c2nc(-c3ccccc3)nc(-c3ccc4c(c3)C3(c5ccccc5S4)c4ccccc4-c4c3ccc3oc5ccccc5c43)n2)cc1. The van der Waals surface area contributed by atoms with E-state index in [9.17, 15) is 0 Å². The molecule has 0 fully saturated rings. The second kappa shape index (κ2) is 10.8. The van der Waals surface area contributed by atoms with Crippen molar-refractivity contribution in [3.63, 3.8) is 0 Å². The second-order valence-electron chi connectivity index (χ2n) is 13.1. The lowest BCUT2D eigenvalue weighted by Crippen LogP contribution is -2.32. The molecular formula is C46H27N3OS. The Kier molecular flexibility index (Phi) is 6.07. The Morgan fingerprint density at radius 3 is 1.80 bits per heavy atom. The fourth-order valence-electron chi connectivity index (χ4n) is 8.28. The molecule has 11 rings (SSSR count). The van der Waals surface area contributed by atoms with Gasteiger partial charge in [0.15, 0.2) is 17.5 Å². The summed E-state index contributed by atoms with van der Waals surface area (Å²) in [6, 6.07) is 57.8. The summed E-state index contributed by atoms with van der Waals surface area (Å²) in [5, 5.41) is 2.30. The maximum Gasteiger partial charge on any atom is 0.164 e. The zero-order valence-electron chi connectivity index (χ0n) is 27.2. The zero-order chi connectivity index (χ0) is 33.5. The van der Waals surface area contributed by atoms with Crippen LogP contribution in [-0.2, 0) is 5.41 Å². The molecule has 2 aromatic heterocycles. The minimum absolute atomic E-state index is 0.566. The summed E-state index contributed by atoms with van der Waals surface area (Å²) in [7, 11) is 0. The first-order chi connectivity index (χ1) is 25.3. The lowest BCUT2D eigenvalue weighted by Gasteiger charge is -2.39. The molecular weight excluding hydrogens is 643 g/mol. The number of hydrogen-bond acceptors (Lipinski definition) is 5. The van der Waals surface area contributed by atoms with E-state index in [0.29, 0.717) is 17.5 Å². The topological polar surface area (TPSA) is 51.8 Å². The summed E-state index contributed by atoms with van der Waals surface area (Å²) < 4.78 is 6.45. The number of furan rings is 1. The predicted molar refractivity (Wildman–Crippen MR) is 205 cm³/mol. The van der Waals surface area contributed by atoms with Gasteiger partial charge in [-0.2, -0.15) is 0 Å². The van der Waals surface area contributed by atoms with Crippen LogP contribution in [0.2, 0.25) is 0 Å². The van der Waals surface area contributed by atoms with Crippen LogP contribution in [0.5, 0.6) is 0 Å². The van der Waals surface area contributed by atoms with E-state index in [4.69, 9.17) is 19.4 Å². The summed E-state index contributed by atoms with van der Waals surface area (Å²) in [6.07, 6.45) is 0. The van der Waals surface area contributed by atoms with E-state index in [-0.39, 0.29) is 0 Å². The summed E-state index contributed by atoms with van der Waals surface area (Å²) in [5.74, 6) is 1.95. The van der Waals surface area contributed by atoms with E-state index in [2.05, 4.69) is 121 Å². The Labute approximate surface area is 298 Å². The summed E-state index contributed by atoms with van der Waals surface area (Å²) in [5.41, 5.74) is 11.6. The molecule has 7 aromatic carbocycles. The smallest absolute Gasteiger partial charge is 0.164 e. The van der Waals surface area contributed by atoms with Crippen LogP contribution >= 0.6 is 11.8 Å². The molecule has 1 aliphatic carbocycles. The van der Waals surface area contributed by atoms with Gasteiger partial charge in [0.25, 0.3) is 0 Å². The van der Waals surface area contributed by atoms with Crippen molar-refractivity contribution in [3.05, 3.63) is 186 Å². The summed E-state index contributed by atoms with van der Waals surface area (Å²) in [4.78, 5) is 17.7. The average Bonchev–Trinajstić information content (AvgIpc) is 3.72. The van der Waals surface area contributed by atoms with Gasteiger partial charge in [-0.15, -0.1) is 0 Å². The van der Waals surface area contributed by atoms with Crippen molar-refractivity contribution in [2.75, 3.05) is 0 Å². The third kappa shape index (κ3) is 4.07. The van der Waals surface area contributed by atoms with E-state index >= 15 is 0 Å². The van der Waals surface area contributed by atoms with Crippen LogP contribution in [-0.4, -0.2) is 15.0 Å². The normalized spacial score (nSPS) is 15.5. The van der Waals surface area contributed by atoms with Crippen LogP contribution < -0.4 is 0 Å². The molecule has 0 amide bonds. The molecule has 4 nitrogen and oxygen atoms in total. The molecule has 0 saturated heterocycles. The minimum Gasteiger partial charge on any atom is -0.456 e. The van der Waals surface area contributed by atoms with Gasteiger partial charge in [-0.3, -0.25) is 0 Å².